The van der Waals surface area contributed by atoms with Crippen LogP contribution in [0.3, 0.4) is 0 Å². The molecule has 0 saturated carbocycles. The molecule has 1 aromatic heterocycles. The van der Waals surface area contributed by atoms with Crippen molar-refractivity contribution < 1.29 is 4.79 Å². The van der Waals surface area contributed by atoms with Crippen LogP contribution in [0.2, 0.25) is 0 Å². The summed E-state index contributed by atoms with van der Waals surface area (Å²) in [4.78, 5) is 16.8. The molecule has 0 unspecified atom stereocenters. The highest BCUT2D eigenvalue weighted by Crippen LogP contribution is 2.25. The molecule has 1 aliphatic carbocycles. The Morgan fingerprint density at radius 2 is 1.80 bits per heavy atom. The average molecular weight is 350 g/mol. The molecule has 126 valence electrons. The van der Waals surface area contributed by atoms with Gasteiger partial charge in [0.25, 0.3) is 5.91 Å². The number of hydrogen-bond donors (Lipinski definition) is 2. The van der Waals surface area contributed by atoms with Gasteiger partial charge in [0.2, 0.25) is 0 Å². The zero-order valence-corrected chi connectivity index (χ0v) is 14.6. The zero-order chi connectivity index (χ0) is 17.2. The fraction of sp³-hybridized carbons (Fsp3) is 0.211. The summed E-state index contributed by atoms with van der Waals surface area (Å²) in [6.07, 6.45) is 1.60. The van der Waals surface area contributed by atoms with Crippen molar-refractivity contribution in [3.8, 4) is 0 Å². The lowest BCUT2D eigenvalue weighted by Gasteiger charge is -2.10. The largest absolute Gasteiger partial charge is 0.350 e. The molecule has 0 radical (unpaired) electrons. The molecule has 5 nitrogen and oxygen atoms in total. The van der Waals surface area contributed by atoms with Crippen LogP contribution >= 0.6 is 11.3 Å². The first-order chi connectivity index (χ1) is 12.2. The first kappa shape index (κ1) is 15.8. The van der Waals surface area contributed by atoms with Crippen molar-refractivity contribution in [2.24, 2.45) is 5.10 Å². The second-order valence-corrected chi connectivity index (χ2v) is 7.16. The van der Waals surface area contributed by atoms with Crippen LogP contribution in [-0.4, -0.2) is 22.6 Å². The quantitative estimate of drug-likeness (QED) is 0.709. The van der Waals surface area contributed by atoms with Crippen LogP contribution in [0, 0.1) is 0 Å². The van der Waals surface area contributed by atoms with E-state index in [-0.39, 0.29) is 5.91 Å². The number of hydrazone groups is 1. The summed E-state index contributed by atoms with van der Waals surface area (Å²) in [6, 6.07) is 15.8. The molecule has 3 aromatic rings. The van der Waals surface area contributed by atoms with E-state index in [0.29, 0.717) is 0 Å². The van der Waals surface area contributed by atoms with Crippen molar-refractivity contribution in [3.05, 3.63) is 59.7 Å². The minimum Gasteiger partial charge on any atom is -0.350 e. The smallest absolute Gasteiger partial charge is 0.262 e. The number of rotatable bonds is 4. The van der Waals surface area contributed by atoms with Gasteiger partial charge in [-0.3, -0.25) is 4.79 Å². The molecule has 1 aliphatic rings. The summed E-state index contributed by atoms with van der Waals surface area (Å²) in [5.41, 5.74) is 7.18. The lowest BCUT2D eigenvalue weighted by Crippen LogP contribution is -2.35. The Morgan fingerprint density at radius 3 is 2.52 bits per heavy atom. The Balaban J connectivity index is 1.37. The molecule has 4 rings (SSSR count). The van der Waals surface area contributed by atoms with E-state index in [1.54, 1.807) is 0 Å². The van der Waals surface area contributed by atoms with Gasteiger partial charge in [-0.25, -0.2) is 10.4 Å². The molecular formula is C19H18N4OS. The molecule has 0 bridgehead atoms. The van der Waals surface area contributed by atoms with Crippen molar-refractivity contribution in [2.75, 3.05) is 5.32 Å². The summed E-state index contributed by atoms with van der Waals surface area (Å²) >= 11 is 1.54. The van der Waals surface area contributed by atoms with E-state index in [1.165, 1.54) is 22.5 Å². The molecule has 1 heterocycles. The van der Waals surface area contributed by atoms with Crippen LogP contribution in [-0.2, 0) is 17.6 Å². The van der Waals surface area contributed by atoms with Gasteiger partial charge in [-0.2, -0.15) is 5.10 Å². The Bertz CT molecular complexity index is 903. The van der Waals surface area contributed by atoms with E-state index in [1.807, 2.05) is 43.3 Å². The molecule has 0 saturated heterocycles. The second kappa shape index (κ2) is 6.64. The third kappa shape index (κ3) is 3.39. The Kier molecular flexibility index (Phi) is 4.19. The highest BCUT2D eigenvalue weighted by atomic mass is 32.1. The highest BCUT2D eigenvalue weighted by molar-refractivity contribution is 7.22. The maximum atomic E-state index is 12.3. The number of nitrogens with zero attached hydrogens (tertiary/aromatic N) is 2. The van der Waals surface area contributed by atoms with Crippen LogP contribution in [0.4, 0.5) is 5.13 Å². The summed E-state index contributed by atoms with van der Waals surface area (Å²) in [7, 11) is 0. The number of amides is 1. The van der Waals surface area contributed by atoms with Crippen LogP contribution < -0.4 is 10.7 Å². The lowest BCUT2D eigenvalue weighted by atomic mass is 10.1. The number of nitrogens with one attached hydrogen (secondary N) is 2. The van der Waals surface area contributed by atoms with Gasteiger partial charge < -0.3 is 5.32 Å². The summed E-state index contributed by atoms with van der Waals surface area (Å²) < 4.78 is 1.10. The Labute approximate surface area is 149 Å². The maximum Gasteiger partial charge on any atom is 0.262 e. The number of thiazole rings is 1. The second-order valence-electron chi connectivity index (χ2n) is 6.13. The summed E-state index contributed by atoms with van der Waals surface area (Å²) in [5.74, 6) is -0.164. The van der Waals surface area contributed by atoms with E-state index in [2.05, 4.69) is 33.0 Å². The monoisotopic (exact) mass is 350 g/mol. The number of benzene rings is 2. The number of para-hydroxylation sites is 1. The van der Waals surface area contributed by atoms with Gasteiger partial charge in [0.1, 0.15) is 6.04 Å². The first-order valence-corrected chi connectivity index (χ1v) is 9.05. The molecule has 0 fully saturated rings. The number of aromatic nitrogens is 1. The Hall–Kier alpha value is -2.73. The van der Waals surface area contributed by atoms with Gasteiger partial charge in [-0.15, -0.1) is 0 Å². The number of hydrogen-bond acceptors (Lipinski definition) is 5. The SMILES string of the molecule is C[C@@H](Nc1nc2ccccc2s1)C(=O)NN=C1Cc2ccccc2C1. The normalized spacial score (nSPS) is 14.2. The van der Waals surface area contributed by atoms with Crippen LogP contribution in [0.1, 0.15) is 18.1 Å². The van der Waals surface area contributed by atoms with Crippen molar-refractivity contribution in [1.82, 2.24) is 10.4 Å². The van der Waals surface area contributed by atoms with Gasteiger partial charge in [0.05, 0.1) is 10.2 Å². The Morgan fingerprint density at radius 1 is 1.12 bits per heavy atom. The fourth-order valence-corrected chi connectivity index (χ4v) is 3.85. The molecule has 0 spiro atoms. The van der Waals surface area contributed by atoms with Gasteiger partial charge in [-0.1, -0.05) is 47.7 Å². The van der Waals surface area contributed by atoms with Gasteiger partial charge in [0.15, 0.2) is 5.13 Å². The topological polar surface area (TPSA) is 66.4 Å². The minimum absolute atomic E-state index is 0.164. The van der Waals surface area contributed by atoms with Crippen molar-refractivity contribution in [1.29, 1.82) is 0 Å². The first-order valence-electron chi connectivity index (χ1n) is 8.23. The van der Waals surface area contributed by atoms with Crippen LogP contribution in [0.25, 0.3) is 10.2 Å². The highest BCUT2D eigenvalue weighted by Gasteiger charge is 2.18. The van der Waals surface area contributed by atoms with E-state index in [9.17, 15) is 4.79 Å². The maximum absolute atomic E-state index is 12.3. The zero-order valence-electron chi connectivity index (χ0n) is 13.8. The van der Waals surface area contributed by atoms with Gasteiger partial charge in [-0.05, 0) is 30.2 Å². The molecule has 1 amide bonds. The van der Waals surface area contributed by atoms with E-state index >= 15 is 0 Å². The third-order valence-electron chi connectivity index (χ3n) is 4.26. The van der Waals surface area contributed by atoms with Gasteiger partial charge >= 0.3 is 0 Å². The van der Waals surface area contributed by atoms with Crippen molar-refractivity contribution >= 4 is 38.3 Å². The number of anilines is 1. The number of carbonyl (C=O) groups excluding carboxylic acids is 1. The number of fused-ring (bicyclic) bond motifs is 2. The fourth-order valence-electron chi connectivity index (χ4n) is 2.90. The minimum atomic E-state index is -0.409. The predicted molar refractivity (Wildman–Crippen MR) is 102 cm³/mol. The molecule has 2 N–H and O–H groups in total. The number of carbonyl (C=O) groups is 1. The van der Waals surface area contributed by atoms with E-state index < -0.39 is 6.04 Å². The lowest BCUT2D eigenvalue weighted by molar-refractivity contribution is -0.121. The molecule has 25 heavy (non-hydrogen) atoms. The molecule has 6 heteroatoms. The molecule has 0 aliphatic heterocycles. The average Bonchev–Trinajstić information content (AvgIpc) is 3.22. The van der Waals surface area contributed by atoms with Crippen LogP contribution in [0.15, 0.2) is 53.6 Å². The predicted octanol–water partition coefficient (Wildman–Crippen LogP) is 3.37. The summed E-state index contributed by atoms with van der Waals surface area (Å²) in [6.45, 7) is 1.81. The summed E-state index contributed by atoms with van der Waals surface area (Å²) in [5, 5.41) is 8.19. The molecule has 2 aromatic carbocycles. The van der Waals surface area contributed by atoms with Crippen LogP contribution in [0.5, 0.6) is 0 Å². The molecule has 1 atom stereocenters. The molecular weight excluding hydrogens is 332 g/mol. The van der Waals surface area contributed by atoms with Gasteiger partial charge in [0, 0.05) is 18.6 Å². The standard InChI is InChI=1S/C19H18N4OS/c1-12(20-19-21-16-8-4-5-9-17(16)25-19)18(24)23-22-15-10-13-6-2-3-7-14(13)11-15/h2-9,12H,10-11H2,1H3,(H,20,21)(H,23,24)/t12-/m1/s1. The van der Waals surface area contributed by atoms with E-state index in [0.717, 1.165) is 33.9 Å². The van der Waals surface area contributed by atoms with E-state index in [4.69, 9.17) is 0 Å². The van der Waals surface area contributed by atoms with Crippen molar-refractivity contribution in [2.45, 2.75) is 25.8 Å². The van der Waals surface area contributed by atoms with Crippen molar-refractivity contribution in [3.63, 3.8) is 0 Å². The third-order valence-corrected chi connectivity index (χ3v) is 5.23.